The first-order chi connectivity index (χ1) is 17.6. The molecule has 0 bridgehead atoms. The van der Waals surface area contributed by atoms with Gasteiger partial charge in [-0.2, -0.15) is 0 Å². The Labute approximate surface area is 221 Å². The summed E-state index contributed by atoms with van der Waals surface area (Å²) in [6, 6.07) is 14.2. The minimum absolute atomic E-state index is 0.110. The maximum absolute atomic E-state index is 13.7. The van der Waals surface area contributed by atoms with E-state index in [2.05, 4.69) is 5.32 Å². The maximum Gasteiger partial charge on any atom is 0.244 e. The monoisotopic (exact) mass is 529 g/mol. The van der Waals surface area contributed by atoms with E-state index in [1.54, 1.807) is 19.1 Å². The molecular formula is C28H39N3O5S. The van der Waals surface area contributed by atoms with Gasteiger partial charge in [0.15, 0.2) is 0 Å². The van der Waals surface area contributed by atoms with Crippen molar-refractivity contribution in [3.8, 4) is 5.75 Å². The van der Waals surface area contributed by atoms with Gasteiger partial charge in [-0.15, -0.1) is 0 Å². The number of sulfonamides is 1. The number of carbonyl (C=O) groups excluding carboxylic acids is 2. The molecule has 1 unspecified atom stereocenters. The highest BCUT2D eigenvalue weighted by Crippen LogP contribution is 2.31. The molecule has 1 fully saturated rings. The molecule has 2 amide bonds. The summed E-state index contributed by atoms with van der Waals surface area (Å²) < 4.78 is 32.1. The van der Waals surface area contributed by atoms with Gasteiger partial charge in [0.25, 0.3) is 0 Å². The number of aryl methyl sites for hydroxylation is 1. The third-order valence-corrected chi connectivity index (χ3v) is 8.01. The summed E-state index contributed by atoms with van der Waals surface area (Å²) in [5.74, 6) is -0.314. The molecule has 202 valence electrons. The zero-order chi connectivity index (χ0) is 27.0. The van der Waals surface area contributed by atoms with Crippen LogP contribution in [0, 0.1) is 6.92 Å². The molecule has 1 N–H and O–H groups in total. The van der Waals surface area contributed by atoms with Crippen LogP contribution in [-0.4, -0.2) is 63.7 Å². The van der Waals surface area contributed by atoms with Crippen LogP contribution < -0.4 is 14.4 Å². The van der Waals surface area contributed by atoms with Gasteiger partial charge in [-0.25, -0.2) is 8.42 Å². The van der Waals surface area contributed by atoms with Gasteiger partial charge < -0.3 is 15.0 Å². The van der Waals surface area contributed by atoms with Gasteiger partial charge in [0, 0.05) is 12.6 Å². The van der Waals surface area contributed by atoms with Crippen LogP contribution >= 0.6 is 0 Å². The van der Waals surface area contributed by atoms with Gasteiger partial charge in [0.2, 0.25) is 21.8 Å². The Morgan fingerprint density at radius 3 is 2.38 bits per heavy atom. The fraction of sp³-hybridized carbons (Fsp3) is 0.500. The third kappa shape index (κ3) is 7.95. The van der Waals surface area contributed by atoms with E-state index < -0.39 is 28.5 Å². The van der Waals surface area contributed by atoms with Crippen LogP contribution in [0.1, 0.15) is 50.2 Å². The van der Waals surface area contributed by atoms with Crippen molar-refractivity contribution in [3.63, 3.8) is 0 Å². The second-order valence-electron chi connectivity index (χ2n) is 9.79. The molecule has 3 rings (SSSR count). The molecule has 0 saturated heterocycles. The fourth-order valence-corrected chi connectivity index (χ4v) is 5.57. The fourth-order valence-electron chi connectivity index (χ4n) is 4.73. The lowest BCUT2D eigenvalue weighted by Gasteiger charge is -2.33. The van der Waals surface area contributed by atoms with Crippen LogP contribution in [-0.2, 0) is 26.0 Å². The van der Waals surface area contributed by atoms with Gasteiger partial charge in [-0.05, 0) is 56.4 Å². The number of hydrogen-bond donors (Lipinski definition) is 1. The van der Waals surface area contributed by atoms with E-state index in [-0.39, 0.29) is 18.5 Å². The van der Waals surface area contributed by atoms with Gasteiger partial charge in [0.05, 0.1) is 19.1 Å². The highest BCUT2D eigenvalue weighted by Gasteiger charge is 2.31. The first-order valence-corrected chi connectivity index (χ1v) is 14.7. The van der Waals surface area contributed by atoms with E-state index in [9.17, 15) is 18.0 Å². The molecule has 2 aromatic rings. The average Bonchev–Trinajstić information content (AvgIpc) is 2.87. The quantitative estimate of drug-likeness (QED) is 0.479. The van der Waals surface area contributed by atoms with Crippen LogP contribution in [0.15, 0.2) is 48.5 Å². The molecule has 9 heteroatoms. The number of hydrogen-bond acceptors (Lipinski definition) is 5. The molecule has 1 aliphatic carbocycles. The zero-order valence-electron chi connectivity index (χ0n) is 22.3. The lowest BCUT2D eigenvalue weighted by atomic mass is 9.95. The highest BCUT2D eigenvalue weighted by molar-refractivity contribution is 7.92. The summed E-state index contributed by atoms with van der Waals surface area (Å²) in [7, 11) is -2.37. The Morgan fingerprint density at radius 2 is 1.76 bits per heavy atom. The first kappa shape index (κ1) is 28.5. The summed E-state index contributed by atoms with van der Waals surface area (Å²) >= 11 is 0. The van der Waals surface area contributed by atoms with Crippen LogP contribution in [0.2, 0.25) is 0 Å². The molecule has 0 aromatic heterocycles. The van der Waals surface area contributed by atoms with Gasteiger partial charge >= 0.3 is 0 Å². The molecule has 2 aromatic carbocycles. The standard InChI is InChI=1S/C28H39N3O5S/c1-21-15-16-26(36-3)25(19-21)31(37(4,34)35)20-27(32)30(18-17-23-11-7-5-8-12-23)22(2)28(33)29-24-13-9-6-10-14-24/h5,7-8,11-12,15-16,19,22,24H,6,9-10,13-14,17-18,20H2,1-4H3,(H,29,33). The number of nitrogens with one attached hydrogen (secondary N) is 1. The SMILES string of the molecule is COc1ccc(C)cc1N(CC(=O)N(CCc1ccccc1)C(C)C(=O)NC1CCCCC1)S(C)(=O)=O. The number of ether oxygens (including phenoxy) is 1. The van der Waals surface area contributed by atoms with Crippen LogP contribution in [0.3, 0.4) is 0 Å². The van der Waals surface area contributed by atoms with Crippen molar-refractivity contribution in [2.75, 3.05) is 30.8 Å². The minimum Gasteiger partial charge on any atom is -0.495 e. The topological polar surface area (TPSA) is 96.0 Å². The molecular weight excluding hydrogens is 490 g/mol. The number of amides is 2. The van der Waals surface area contributed by atoms with E-state index in [4.69, 9.17) is 4.74 Å². The Kier molecular flexibility index (Phi) is 9.97. The number of nitrogens with zero attached hydrogens (tertiary/aromatic N) is 2. The molecule has 1 saturated carbocycles. The van der Waals surface area contributed by atoms with Crippen molar-refractivity contribution in [1.29, 1.82) is 0 Å². The summed E-state index contributed by atoms with van der Waals surface area (Å²) in [4.78, 5) is 28.4. The van der Waals surface area contributed by atoms with Gasteiger partial charge in [-0.3, -0.25) is 13.9 Å². The number of carbonyl (C=O) groups is 2. The van der Waals surface area contributed by atoms with E-state index in [0.717, 1.165) is 47.4 Å². The van der Waals surface area contributed by atoms with Crippen molar-refractivity contribution in [1.82, 2.24) is 10.2 Å². The maximum atomic E-state index is 13.7. The lowest BCUT2D eigenvalue weighted by Crippen LogP contribution is -2.53. The minimum atomic E-state index is -3.83. The Balaban J connectivity index is 1.86. The lowest BCUT2D eigenvalue weighted by molar-refractivity contribution is -0.139. The number of benzene rings is 2. The predicted octanol–water partition coefficient (Wildman–Crippen LogP) is 3.68. The van der Waals surface area contributed by atoms with E-state index in [1.807, 2.05) is 43.3 Å². The first-order valence-electron chi connectivity index (χ1n) is 12.9. The van der Waals surface area contributed by atoms with Crippen molar-refractivity contribution < 1.29 is 22.7 Å². The predicted molar refractivity (Wildman–Crippen MR) is 146 cm³/mol. The molecule has 8 nitrogen and oxygen atoms in total. The number of methoxy groups -OCH3 is 1. The normalized spacial score (nSPS) is 15.0. The Morgan fingerprint density at radius 1 is 1.08 bits per heavy atom. The number of rotatable bonds is 11. The largest absolute Gasteiger partial charge is 0.495 e. The summed E-state index contributed by atoms with van der Waals surface area (Å²) in [5.41, 5.74) is 2.15. The molecule has 1 aliphatic rings. The van der Waals surface area contributed by atoms with Crippen LogP contribution in [0.5, 0.6) is 5.75 Å². The highest BCUT2D eigenvalue weighted by atomic mass is 32.2. The molecule has 1 atom stereocenters. The molecule has 0 radical (unpaired) electrons. The summed E-state index contributed by atoms with van der Waals surface area (Å²) in [5, 5.41) is 3.11. The second-order valence-corrected chi connectivity index (χ2v) is 11.7. The van der Waals surface area contributed by atoms with Crippen molar-refractivity contribution in [3.05, 3.63) is 59.7 Å². The molecule has 37 heavy (non-hydrogen) atoms. The van der Waals surface area contributed by atoms with E-state index in [0.29, 0.717) is 17.9 Å². The van der Waals surface area contributed by atoms with Crippen molar-refractivity contribution >= 4 is 27.5 Å². The molecule has 0 spiro atoms. The second kappa shape index (κ2) is 12.9. The smallest absolute Gasteiger partial charge is 0.244 e. The molecule has 0 heterocycles. The zero-order valence-corrected chi connectivity index (χ0v) is 23.1. The summed E-state index contributed by atoms with van der Waals surface area (Å²) in [6.07, 6.45) is 6.81. The molecule has 0 aliphatic heterocycles. The Hall–Kier alpha value is -3.07. The van der Waals surface area contributed by atoms with Crippen LogP contribution in [0.25, 0.3) is 0 Å². The Bertz CT molecular complexity index is 1160. The van der Waals surface area contributed by atoms with E-state index in [1.165, 1.54) is 18.4 Å². The summed E-state index contributed by atoms with van der Waals surface area (Å²) in [6.45, 7) is 3.40. The van der Waals surface area contributed by atoms with Crippen LogP contribution in [0.4, 0.5) is 5.69 Å². The number of anilines is 1. The third-order valence-electron chi connectivity index (χ3n) is 6.89. The van der Waals surface area contributed by atoms with Gasteiger partial charge in [0.1, 0.15) is 18.3 Å². The van der Waals surface area contributed by atoms with Gasteiger partial charge in [-0.1, -0.05) is 55.7 Å². The average molecular weight is 530 g/mol. The van der Waals surface area contributed by atoms with Crippen molar-refractivity contribution in [2.45, 2.75) is 64.5 Å². The van der Waals surface area contributed by atoms with E-state index >= 15 is 0 Å². The van der Waals surface area contributed by atoms with Crippen molar-refractivity contribution in [2.24, 2.45) is 0 Å².